The number of ether oxygens (including phenoxy) is 2. The standard InChI is InChI=1S/C35H36F2N4O3/c1-2-3-4-5-6-7-8-9-23-43-32-20-17-29(18-21-32)39-38-28-15-13-26(14-16-28)35(42)44-34-22-19-31(25-33(34)37)41-40-30-12-10-11-27(36)24-30/h10-22,24-25H,2-9,23H2,1H3. The summed E-state index contributed by atoms with van der Waals surface area (Å²) >= 11 is 0. The van der Waals surface area contributed by atoms with Gasteiger partial charge in [-0.05, 0) is 79.2 Å². The van der Waals surface area contributed by atoms with Crippen molar-refractivity contribution in [3.8, 4) is 11.5 Å². The second kappa shape index (κ2) is 17.4. The first-order valence-electron chi connectivity index (χ1n) is 14.9. The van der Waals surface area contributed by atoms with Gasteiger partial charge in [0.1, 0.15) is 11.6 Å². The van der Waals surface area contributed by atoms with Crippen molar-refractivity contribution >= 4 is 28.7 Å². The second-order valence-corrected chi connectivity index (χ2v) is 10.2. The smallest absolute Gasteiger partial charge is 0.343 e. The molecule has 0 spiro atoms. The lowest BCUT2D eigenvalue weighted by molar-refractivity contribution is 0.0728. The molecule has 4 rings (SSSR count). The fraction of sp³-hybridized carbons (Fsp3) is 0.286. The zero-order valence-corrected chi connectivity index (χ0v) is 24.8. The molecule has 0 N–H and O–H groups in total. The highest BCUT2D eigenvalue weighted by atomic mass is 19.1. The van der Waals surface area contributed by atoms with Gasteiger partial charge in [-0.25, -0.2) is 13.6 Å². The molecule has 0 saturated carbocycles. The monoisotopic (exact) mass is 598 g/mol. The lowest BCUT2D eigenvalue weighted by Crippen LogP contribution is -2.09. The Hall–Kier alpha value is -4.79. The molecule has 0 radical (unpaired) electrons. The number of rotatable bonds is 16. The number of carbonyl (C=O) groups excluding carboxylic acids is 1. The average Bonchev–Trinajstić information content (AvgIpc) is 3.04. The molecule has 44 heavy (non-hydrogen) atoms. The van der Waals surface area contributed by atoms with Gasteiger partial charge in [-0.1, -0.05) is 57.9 Å². The predicted molar refractivity (Wildman–Crippen MR) is 167 cm³/mol. The maximum atomic E-state index is 14.5. The third-order valence-corrected chi connectivity index (χ3v) is 6.69. The topological polar surface area (TPSA) is 85.0 Å². The lowest BCUT2D eigenvalue weighted by atomic mass is 10.1. The van der Waals surface area contributed by atoms with Gasteiger partial charge in [-0.2, -0.15) is 20.5 Å². The van der Waals surface area contributed by atoms with E-state index in [9.17, 15) is 13.6 Å². The molecule has 0 aliphatic carbocycles. The van der Waals surface area contributed by atoms with Crippen molar-refractivity contribution in [1.29, 1.82) is 0 Å². The van der Waals surface area contributed by atoms with Gasteiger partial charge in [0.15, 0.2) is 11.6 Å². The van der Waals surface area contributed by atoms with E-state index in [1.54, 1.807) is 18.2 Å². The Labute approximate surface area is 256 Å². The molecule has 0 aromatic heterocycles. The first-order chi connectivity index (χ1) is 21.5. The van der Waals surface area contributed by atoms with Gasteiger partial charge in [0.2, 0.25) is 0 Å². The van der Waals surface area contributed by atoms with E-state index in [0.29, 0.717) is 18.0 Å². The number of azo groups is 2. The summed E-state index contributed by atoms with van der Waals surface area (Å²) in [5.74, 6) is -1.43. The van der Waals surface area contributed by atoms with Crippen LogP contribution in [0.1, 0.15) is 68.6 Å². The Morgan fingerprint density at radius 2 is 1.20 bits per heavy atom. The maximum absolute atomic E-state index is 14.5. The molecule has 0 aliphatic heterocycles. The van der Waals surface area contributed by atoms with Crippen molar-refractivity contribution in [3.63, 3.8) is 0 Å². The normalized spacial score (nSPS) is 11.3. The van der Waals surface area contributed by atoms with Crippen LogP contribution < -0.4 is 9.47 Å². The van der Waals surface area contributed by atoms with E-state index < -0.39 is 17.6 Å². The van der Waals surface area contributed by atoms with Gasteiger partial charge >= 0.3 is 5.97 Å². The van der Waals surface area contributed by atoms with Gasteiger partial charge < -0.3 is 9.47 Å². The van der Waals surface area contributed by atoms with Gasteiger partial charge in [0, 0.05) is 12.1 Å². The quantitative estimate of drug-likeness (QED) is 0.0556. The molecule has 0 aliphatic rings. The predicted octanol–water partition coefficient (Wildman–Crippen LogP) is 11.5. The minimum absolute atomic E-state index is 0.183. The molecular formula is C35H36F2N4O3. The van der Waals surface area contributed by atoms with Crippen molar-refractivity contribution in [1.82, 2.24) is 0 Å². The summed E-state index contributed by atoms with van der Waals surface area (Å²) in [6, 6.07) is 23.0. The summed E-state index contributed by atoms with van der Waals surface area (Å²) < 4.78 is 38.9. The summed E-state index contributed by atoms with van der Waals surface area (Å²) in [7, 11) is 0. The molecule has 228 valence electrons. The third kappa shape index (κ3) is 10.8. The van der Waals surface area contributed by atoms with Crippen molar-refractivity contribution in [2.45, 2.75) is 58.3 Å². The number of halogens is 2. The molecule has 7 nitrogen and oxygen atoms in total. The van der Waals surface area contributed by atoms with Crippen LogP contribution >= 0.6 is 0 Å². The van der Waals surface area contributed by atoms with Crippen LogP contribution in [0.15, 0.2) is 111 Å². The van der Waals surface area contributed by atoms with E-state index in [2.05, 4.69) is 27.4 Å². The molecule has 0 bridgehead atoms. The average molecular weight is 599 g/mol. The fourth-order valence-corrected chi connectivity index (χ4v) is 4.26. The third-order valence-electron chi connectivity index (χ3n) is 6.69. The highest BCUT2D eigenvalue weighted by Crippen LogP contribution is 2.27. The number of esters is 1. The summed E-state index contributed by atoms with van der Waals surface area (Å²) in [6.07, 6.45) is 10.1. The number of hydrogen-bond acceptors (Lipinski definition) is 7. The number of benzene rings is 4. The molecule has 0 saturated heterocycles. The first-order valence-corrected chi connectivity index (χ1v) is 14.9. The Bertz CT molecular complexity index is 1540. The van der Waals surface area contributed by atoms with E-state index >= 15 is 0 Å². The molecule has 0 unspecified atom stereocenters. The Morgan fingerprint density at radius 1 is 0.636 bits per heavy atom. The Balaban J connectivity index is 1.21. The molecule has 9 heteroatoms. The van der Waals surface area contributed by atoms with Crippen LogP contribution in [-0.4, -0.2) is 12.6 Å². The fourth-order valence-electron chi connectivity index (χ4n) is 4.26. The van der Waals surface area contributed by atoms with E-state index in [1.807, 2.05) is 24.3 Å². The number of carbonyl (C=O) groups is 1. The van der Waals surface area contributed by atoms with Crippen LogP contribution in [0.5, 0.6) is 11.5 Å². The van der Waals surface area contributed by atoms with E-state index in [-0.39, 0.29) is 22.7 Å². The van der Waals surface area contributed by atoms with Gasteiger partial charge in [-0.3, -0.25) is 0 Å². The van der Waals surface area contributed by atoms with Crippen LogP contribution in [0, 0.1) is 11.6 Å². The Morgan fingerprint density at radius 3 is 1.84 bits per heavy atom. The number of hydrogen-bond donors (Lipinski definition) is 0. The van der Waals surface area contributed by atoms with Crippen molar-refractivity contribution < 1.29 is 23.0 Å². The van der Waals surface area contributed by atoms with Crippen LogP contribution in [0.25, 0.3) is 0 Å². The summed E-state index contributed by atoms with van der Waals surface area (Å²) in [4.78, 5) is 12.6. The van der Waals surface area contributed by atoms with Crippen LogP contribution in [0.4, 0.5) is 31.5 Å². The maximum Gasteiger partial charge on any atom is 0.343 e. The summed E-state index contributed by atoms with van der Waals surface area (Å²) in [6.45, 7) is 2.94. The van der Waals surface area contributed by atoms with E-state index in [1.165, 1.54) is 87.4 Å². The van der Waals surface area contributed by atoms with Crippen LogP contribution in [0.2, 0.25) is 0 Å². The summed E-state index contributed by atoms with van der Waals surface area (Å²) in [5, 5.41) is 16.2. The largest absolute Gasteiger partial charge is 0.494 e. The highest BCUT2D eigenvalue weighted by Gasteiger charge is 2.13. The Kier molecular flexibility index (Phi) is 12.7. The molecule has 4 aromatic carbocycles. The van der Waals surface area contributed by atoms with Crippen molar-refractivity contribution in [2.75, 3.05) is 6.61 Å². The minimum Gasteiger partial charge on any atom is -0.494 e. The van der Waals surface area contributed by atoms with Crippen molar-refractivity contribution in [3.05, 3.63) is 108 Å². The number of nitrogens with zero attached hydrogens (tertiary/aromatic N) is 4. The van der Waals surface area contributed by atoms with E-state index in [4.69, 9.17) is 9.47 Å². The lowest BCUT2D eigenvalue weighted by Gasteiger charge is -2.06. The first kappa shape index (κ1) is 32.1. The zero-order chi connectivity index (χ0) is 31.0. The van der Waals surface area contributed by atoms with Gasteiger partial charge in [0.25, 0.3) is 0 Å². The molecule has 0 heterocycles. The molecule has 0 fully saturated rings. The molecule has 0 amide bonds. The SMILES string of the molecule is CCCCCCCCCCOc1ccc(N=Nc2ccc(C(=O)Oc3ccc(N=Nc4cccc(F)c4)cc3F)cc2)cc1. The molecule has 4 aromatic rings. The van der Waals surface area contributed by atoms with E-state index in [0.717, 1.165) is 18.2 Å². The molecule has 0 atom stereocenters. The van der Waals surface area contributed by atoms with Gasteiger partial charge in [-0.15, -0.1) is 0 Å². The van der Waals surface area contributed by atoms with Gasteiger partial charge in [0.05, 0.1) is 34.9 Å². The highest BCUT2D eigenvalue weighted by molar-refractivity contribution is 5.91. The second-order valence-electron chi connectivity index (χ2n) is 10.2. The molecular weight excluding hydrogens is 562 g/mol. The van der Waals surface area contributed by atoms with Crippen LogP contribution in [-0.2, 0) is 0 Å². The number of unbranched alkanes of at least 4 members (excludes halogenated alkanes) is 7. The van der Waals surface area contributed by atoms with Crippen LogP contribution in [0.3, 0.4) is 0 Å². The van der Waals surface area contributed by atoms with Crippen molar-refractivity contribution in [2.24, 2.45) is 20.5 Å². The summed E-state index contributed by atoms with van der Waals surface area (Å²) in [5.41, 5.74) is 1.90. The zero-order valence-electron chi connectivity index (χ0n) is 24.8. The minimum atomic E-state index is -0.788.